The van der Waals surface area contributed by atoms with Gasteiger partial charge in [0.25, 0.3) is 0 Å². The fourth-order valence-electron chi connectivity index (χ4n) is 0.903. The Labute approximate surface area is 74.4 Å². The Morgan fingerprint density at radius 3 is 3.09 bits per heavy atom. The summed E-state index contributed by atoms with van der Waals surface area (Å²) in [5, 5.41) is 0. The predicted octanol–water partition coefficient (Wildman–Crippen LogP) is 1.54. The van der Waals surface area contributed by atoms with Crippen molar-refractivity contribution >= 4 is 21.9 Å². The summed E-state index contributed by atoms with van der Waals surface area (Å²) >= 11 is 3.03. The van der Waals surface area contributed by atoms with E-state index in [1.54, 1.807) is 0 Å². The minimum Gasteiger partial charge on any atom is -0.466 e. The highest BCUT2D eigenvalue weighted by Gasteiger charge is 2.36. The first kappa shape index (κ1) is 8.61. The van der Waals surface area contributed by atoms with Crippen molar-refractivity contribution in [3.63, 3.8) is 0 Å². The lowest BCUT2D eigenvalue weighted by atomic mass is 10.3. The van der Waals surface area contributed by atoms with E-state index in [-0.39, 0.29) is 5.97 Å². The van der Waals surface area contributed by atoms with Gasteiger partial charge in [-0.15, -0.1) is 0 Å². The van der Waals surface area contributed by atoms with E-state index in [4.69, 9.17) is 4.74 Å². The van der Waals surface area contributed by atoms with Crippen molar-refractivity contribution in [3.8, 4) is 10.8 Å². The van der Waals surface area contributed by atoms with E-state index in [0.717, 1.165) is 6.42 Å². The lowest BCUT2D eigenvalue weighted by Gasteiger charge is -1.96. The third kappa shape index (κ3) is 2.94. The lowest BCUT2D eigenvalue weighted by molar-refractivity contribution is -0.141. The largest absolute Gasteiger partial charge is 0.466 e. The third-order valence-electron chi connectivity index (χ3n) is 1.66. The van der Waals surface area contributed by atoms with E-state index in [1.807, 2.05) is 0 Å². The Morgan fingerprint density at radius 2 is 2.55 bits per heavy atom. The van der Waals surface area contributed by atoms with Crippen LogP contribution in [-0.4, -0.2) is 12.6 Å². The molecule has 1 saturated carbocycles. The summed E-state index contributed by atoms with van der Waals surface area (Å²) in [7, 11) is 0. The van der Waals surface area contributed by atoms with Gasteiger partial charge in [-0.05, 0) is 11.3 Å². The molecule has 0 heterocycles. The van der Waals surface area contributed by atoms with E-state index in [0.29, 0.717) is 18.4 Å². The van der Waals surface area contributed by atoms with Crippen LogP contribution in [0.15, 0.2) is 0 Å². The van der Waals surface area contributed by atoms with Gasteiger partial charge in [0.15, 0.2) is 0 Å². The minimum absolute atomic E-state index is 0.206. The second kappa shape index (κ2) is 3.77. The van der Waals surface area contributed by atoms with Crippen LogP contribution in [0.3, 0.4) is 0 Å². The SMILES string of the molecule is CC(=O)OCC1CC1C#CBr. The average Bonchev–Trinajstić information content (AvgIpc) is 2.64. The van der Waals surface area contributed by atoms with Gasteiger partial charge in [0.2, 0.25) is 0 Å². The molecular formula is C8H9BrO2. The second-order valence-electron chi connectivity index (χ2n) is 2.64. The molecule has 2 unspecified atom stereocenters. The maximum absolute atomic E-state index is 10.4. The zero-order valence-electron chi connectivity index (χ0n) is 6.26. The zero-order chi connectivity index (χ0) is 8.27. The third-order valence-corrected chi connectivity index (χ3v) is 1.89. The number of hydrogen-bond donors (Lipinski definition) is 0. The number of esters is 1. The number of ether oxygens (including phenoxy) is 1. The molecule has 1 aliphatic rings. The number of halogens is 1. The fourth-order valence-corrected chi connectivity index (χ4v) is 1.20. The van der Waals surface area contributed by atoms with Crippen molar-refractivity contribution in [2.45, 2.75) is 13.3 Å². The molecule has 0 saturated heterocycles. The van der Waals surface area contributed by atoms with Crippen LogP contribution in [0.25, 0.3) is 0 Å². The zero-order valence-corrected chi connectivity index (χ0v) is 7.85. The molecule has 1 fully saturated rings. The Balaban J connectivity index is 2.12. The van der Waals surface area contributed by atoms with E-state index in [9.17, 15) is 4.79 Å². The molecule has 1 rings (SSSR count). The van der Waals surface area contributed by atoms with E-state index in [1.165, 1.54) is 6.92 Å². The fraction of sp³-hybridized carbons (Fsp3) is 0.625. The lowest BCUT2D eigenvalue weighted by Crippen LogP contribution is -2.02. The van der Waals surface area contributed by atoms with Gasteiger partial charge in [-0.1, -0.05) is 5.92 Å². The molecular weight excluding hydrogens is 208 g/mol. The van der Waals surface area contributed by atoms with Crippen LogP contribution in [-0.2, 0) is 9.53 Å². The molecule has 3 heteroatoms. The highest BCUT2D eigenvalue weighted by Crippen LogP contribution is 2.37. The summed E-state index contributed by atoms with van der Waals surface area (Å²) < 4.78 is 4.82. The number of hydrogen-bond acceptors (Lipinski definition) is 2. The molecule has 2 atom stereocenters. The van der Waals surface area contributed by atoms with Gasteiger partial charge in [-0.3, -0.25) is 4.79 Å². The van der Waals surface area contributed by atoms with E-state index >= 15 is 0 Å². The van der Waals surface area contributed by atoms with Crippen molar-refractivity contribution in [1.29, 1.82) is 0 Å². The summed E-state index contributed by atoms with van der Waals surface area (Å²) in [6.45, 7) is 1.95. The first-order valence-electron chi connectivity index (χ1n) is 3.48. The normalized spacial score (nSPS) is 26.7. The van der Waals surface area contributed by atoms with Crippen LogP contribution in [0.2, 0.25) is 0 Å². The first-order chi connectivity index (χ1) is 5.24. The van der Waals surface area contributed by atoms with Gasteiger partial charge in [-0.2, -0.15) is 0 Å². The number of carbonyl (C=O) groups is 1. The smallest absolute Gasteiger partial charge is 0.302 e. The van der Waals surface area contributed by atoms with Crippen LogP contribution < -0.4 is 0 Å². The predicted molar refractivity (Wildman–Crippen MR) is 44.9 cm³/mol. The van der Waals surface area contributed by atoms with Gasteiger partial charge in [-0.25, -0.2) is 0 Å². The Hall–Kier alpha value is -0.490. The molecule has 0 aromatic carbocycles. The monoisotopic (exact) mass is 216 g/mol. The molecule has 1 aliphatic carbocycles. The molecule has 0 aromatic heterocycles. The molecule has 0 aromatic rings. The maximum atomic E-state index is 10.4. The van der Waals surface area contributed by atoms with Crippen LogP contribution in [0, 0.1) is 22.6 Å². The van der Waals surface area contributed by atoms with Crippen molar-refractivity contribution in [1.82, 2.24) is 0 Å². The van der Waals surface area contributed by atoms with Crippen LogP contribution >= 0.6 is 15.9 Å². The van der Waals surface area contributed by atoms with Gasteiger partial charge in [0.05, 0.1) is 6.61 Å². The first-order valence-corrected chi connectivity index (χ1v) is 4.28. The standard InChI is InChI=1S/C8H9BrO2/c1-6(10)11-5-8-4-7(8)2-3-9/h7-8H,4-5H2,1H3. The minimum atomic E-state index is -0.206. The van der Waals surface area contributed by atoms with Crippen molar-refractivity contribution in [2.24, 2.45) is 11.8 Å². The maximum Gasteiger partial charge on any atom is 0.302 e. The van der Waals surface area contributed by atoms with Gasteiger partial charge >= 0.3 is 5.97 Å². The summed E-state index contributed by atoms with van der Waals surface area (Å²) in [6, 6.07) is 0. The Morgan fingerprint density at radius 1 is 1.82 bits per heavy atom. The van der Waals surface area contributed by atoms with E-state index in [2.05, 4.69) is 26.7 Å². The summed E-state index contributed by atoms with van der Waals surface area (Å²) in [5.41, 5.74) is 0. The highest BCUT2D eigenvalue weighted by molar-refractivity contribution is 9.12. The highest BCUT2D eigenvalue weighted by atomic mass is 79.9. The molecule has 0 radical (unpaired) electrons. The van der Waals surface area contributed by atoms with Crippen LogP contribution in [0.1, 0.15) is 13.3 Å². The Bertz CT molecular complexity index is 214. The van der Waals surface area contributed by atoms with Gasteiger partial charge in [0.1, 0.15) is 0 Å². The van der Waals surface area contributed by atoms with Crippen molar-refractivity contribution in [3.05, 3.63) is 0 Å². The number of carbonyl (C=O) groups excluding carboxylic acids is 1. The molecule has 0 amide bonds. The molecule has 11 heavy (non-hydrogen) atoms. The molecule has 0 bridgehead atoms. The van der Waals surface area contributed by atoms with Gasteiger partial charge < -0.3 is 4.74 Å². The average molecular weight is 217 g/mol. The van der Waals surface area contributed by atoms with Crippen LogP contribution in [0.5, 0.6) is 0 Å². The molecule has 0 spiro atoms. The summed E-state index contributed by atoms with van der Waals surface area (Å²) in [4.78, 5) is 13.0. The van der Waals surface area contributed by atoms with Gasteiger partial charge in [0, 0.05) is 34.7 Å². The molecule has 0 aliphatic heterocycles. The topological polar surface area (TPSA) is 26.3 Å². The van der Waals surface area contributed by atoms with E-state index < -0.39 is 0 Å². The van der Waals surface area contributed by atoms with Crippen molar-refractivity contribution < 1.29 is 9.53 Å². The van der Waals surface area contributed by atoms with Crippen molar-refractivity contribution in [2.75, 3.05) is 6.61 Å². The van der Waals surface area contributed by atoms with Crippen LogP contribution in [0.4, 0.5) is 0 Å². The molecule has 0 N–H and O–H groups in total. The molecule has 60 valence electrons. The second-order valence-corrected chi connectivity index (χ2v) is 3.04. The number of rotatable bonds is 2. The Kier molecular flexibility index (Phi) is 2.95. The molecule has 2 nitrogen and oxygen atoms in total. The summed E-state index contributed by atoms with van der Waals surface area (Å²) in [6.07, 6.45) is 1.06. The summed E-state index contributed by atoms with van der Waals surface area (Å²) in [5.74, 6) is 3.68. The quantitative estimate of drug-likeness (QED) is 0.518.